The van der Waals surface area contributed by atoms with E-state index in [9.17, 15) is 14.4 Å². The zero-order valence-electron chi connectivity index (χ0n) is 15.2. The molecule has 3 rings (SSSR count). The van der Waals surface area contributed by atoms with Gasteiger partial charge in [-0.1, -0.05) is 30.3 Å². The number of nitrogens with one attached hydrogen (secondary N) is 2. The Morgan fingerprint density at radius 3 is 2.48 bits per heavy atom. The number of amides is 3. The van der Waals surface area contributed by atoms with Crippen LogP contribution in [0.4, 0.5) is 5.69 Å². The van der Waals surface area contributed by atoms with Gasteiger partial charge in [-0.25, -0.2) is 0 Å². The maximum Gasteiger partial charge on any atom is 0.313 e. The van der Waals surface area contributed by atoms with E-state index in [0.29, 0.717) is 30.0 Å². The quantitative estimate of drug-likeness (QED) is 0.812. The second-order valence-electron chi connectivity index (χ2n) is 6.40. The van der Waals surface area contributed by atoms with Crippen molar-refractivity contribution in [3.63, 3.8) is 0 Å². The van der Waals surface area contributed by atoms with Gasteiger partial charge in [-0.2, -0.15) is 0 Å². The highest BCUT2D eigenvalue weighted by Gasteiger charge is 2.26. The number of carbonyl (C=O) groups is 3. The Hall–Kier alpha value is -3.35. The van der Waals surface area contributed by atoms with Gasteiger partial charge in [-0.15, -0.1) is 0 Å². The Morgan fingerprint density at radius 2 is 1.70 bits per heavy atom. The van der Waals surface area contributed by atoms with Gasteiger partial charge in [0, 0.05) is 26.1 Å². The molecule has 0 saturated carbocycles. The lowest BCUT2D eigenvalue weighted by atomic mass is 10.0. The van der Waals surface area contributed by atoms with Gasteiger partial charge in [0.15, 0.2) is 0 Å². The molecule has 3 amide bonds. The lowest BCUT2D eigenvalue weighted by Crippen LogP contribution is -2.39. The maximum atomic E-state index is 12.4. The van der Waals surface area contributed by atoms with Crippen LogP contribution >= 0.6 is 0 Å². The third-order valence-corrected chi connectivity index (χ3v) is 4.28. The molecule has 7 nitrogen and oxygen atoms in total. The Labute approximate surface area is 157 Å². The van der Waals surface area contributed by atoms with Crippen LogP contribution in [0.3, 0.4) is 0 Å². The number of carbonyl (C=O) groups excluding carboxylic acids is 3. The molecule has 1 atom stereocenters. The van der Waals surface area contributed by atoms with Crippen molar-refractivity contribution < 1.29 is 19.1 Å². The maximum absolute atomic E-state index is 12.4. The van der Waals surface area contributed by atoms with Crippen LogP contribution in [0.25, 0.3) is 0 Å². The number of ether oxygens (including phenoxy) is 1. The first-order valence-corrected chi connectivity index (χ1v) is 8.61. The van der Waals surface area contributed by atoms with Gasteiger partial charge in [-0.3, -0.25) is 14.4 Å². The second kappa shape index (κ2) is 7.90. The van der Waals surface area contributed by atoms with Crippen LogP contribution in [-0.2, 0) is 9.59 Å². The van der Waals surface area contributed by atoms with E-state index >= 15 is 0 Å². The molecule has 0 aliphatic carbocycles. The summed E-state index contributed by atoms with van der Waals surface area (Å²) in [6, 6.07) is 13.7. The molecule has 0 saturated heterocycles. The van der Waals surface area contributed by atoms with Crippen molar-refractivity contribution in [3.05, 3.63) is 59.7 Å². The third kappa shape index (κ3) is 4.08. The largest absolute Gasteiger partial charge is 0.493 e. The molecule has 0 radical (unpaired) electrons. The summed E-state index contributed by atoms with van der Waals surface area (Å²) in [5.74, 6) is -1.14. The van der Waals surface area contributed by atoms with Crippen LogP contribution in [0, 0.1) is 0 Å². The van der Waals surface area contributed by atoms with E-state index in [1.807, 2.05) is 24.3 Å². The number of hydrogen-bond acceptors (Lipinski definition) is 4. The number of hydrogen-bond donors (Lipinski definition) is 2. The molecule has 2 N–H and O–H groups in total. The van der Waals surface area contributed by atoms with Crippen molar-refractivity contribution in [2.24, 2.45) is 0 Å². The Bertz CT molecular complexity index is 879. The van der Waals surface area contributed by atoms with E-state index in [0.717, 1.165) is 5.56 Å². The predicted octanol–water partition coefficient (Wildman–Crippen LogP) is 1.97. The van der Waals surface area contributed by atoms with Gasteiger partial charge in [0.2, 0.25) is 0 Å². The minimum atomic E-state index is -0.821. The van der Waals surface area contributed by atoms with E-state index in [1.165, 1.54) is 4.90 Å². The Balaban J connectivity index is 1.71. The van der Waals surface area contributed by atoms with E-state index < -0.39 is 11.8 Å². The van der Waals surface area contributed by atoms with Crippen LogP contribution in [0.15, 0.2) is 48.5 Å². The molecule has 7 heteroatoms. The molecule has 1 aliphatic rings. The topological polar surface area (TPSA) is 87.7 Å². The summed E-state index contributed by atoms with van der Waals surface area (Å²) in [6.45, 7) is 0.462. The van der Waals surface area contributed by atoms with E-state index in [-0.39, 0.29) is 11.9 Å². The van der Waals surface area contributed by atoms with Crippen LogP contribution in [-0.4, -0.2) is 43.3 Å². The first-order chi connectivity index (χ1) is 13.0. The molecular formula is C20H21N3O4. The van der Waals surface area contributed by atoms with Gasteiger partial charge in [-0.05, 0) is 18.2 Å². The fraction of sp³-hybridized carbons (Fsp3) is 0.250. The average Bonchev–Trinajstić information content (AvgIpc) is 2.68. The highest BCUT2D eigenvalue weighted by atomic mass is 16.5. The fourth-order valence-electron chi connectivity index (χ4n) is 2.91. The van der Waals surface area contributed by atoms with Gasteiger partial charge < -0.3 is 20.3 Å². The van der Waals surface area contributed by atoms with Crippen LogP contribution < -0.4 is 15.4 Å². The number of anilines is 1. The molecule has 27 heavy (non-hydrogen) atoms. The summed E-state index contributed by atoms with van der Waals surface area (Å²) >= 11 is 0. The van der Waals surface area contributed by atoms with Gasteiger partial charge in [0.05, 0.1) is 23.9 Å². The van der Waals surface area contributed by atoms with Crippen LogP contribution in [0.2, 0.25) is 0 Å². The molecular weight excluding hydrogens is 346 g/mol. The van der Waals surface area contributed by atoms with Gasteiger partial charge in [0.25, 0.3) is 5.91 Å². The molecule has 0 aromatic heterocycles. The van der Waals surface area contributed by atoms with E-state index in [1.54, 1.807) is 38.4 Å². The molecule has 0 fully saturated rings. The van der Waals surface area contributed by atoms with Crippen molar-refractivity contribution in [2.75, 3.05) is 26.0 Å². The lowest BCUT2D eigenvalue weighted by Gasteiger charge is -2.26. The molecule has 140 valence electrons. The highest BCUT2D eigenvalue weighted by Crippen LogP contribution is 2.31. The SMILES string of the molecule is CN(C)C(=O)c1ccccc1NC(=O)C(=O)NC1CCOc2ccccc21. The summed E-state index contributed by atoms with van der Waals surface area (Å²) in [7, 11) is 3.24. The lowest BCUT2D eigenvalue weighted by molar-refractivity contribution is -0.136. The number of rotatable bonds is 3. The minimum absolute atomic E-state index is 0.260. The molecule has 1 unspecified atom stereocenters. The van der Waals surface area contributed by atoms with Crippen molar-refractivity contribution in [2.45, 2.75) is 12.5 Å². The number of fused-ring (bicyclic) bond motifs is 1. The zero-order chi connectivity index (χ0) is 19.4. The monoisotopic (exact) mass is 367 g/mol. The number of benzene rings is 2. The number of nitrogens with zero attached hydrogens (tertiary/aromatic N) is 1. The predicted molar refractivity (Wildman–Crippen MR) is 101 cm³/mol. The molecule has 1 aliphatic heterocycles. The smallest absolute Gasteiger partial charge is 0.313 e. The van der Waals surface area contributed by atoms with Crippen molar-refractivity contribution in [1.29, 1.82) is 0 Å². The van der Waals surface area contributed by atoms with E-state index in [2.05, 4.69) is 10.6 Å². The molecule has 0 bridgehead atoms. The average molecular weight is 367 g/mol. The van der Waals surface area contributed by atoms with Crippen molar-refractivity contribution in [1.82, 2.24) is 10.2 Å². The van der Waals surface area contributed by atoms with Crippen molar-refractivity contribution in [3.8, 4) is 5.75 Å². The van der Waals surface area contributed by atoms with E-state index in [4.69, 9.17) is 4.74 Å². The first kappa shape index (κ1) is 18.4. The zero-order valence-corrected chi connectivity index (χ0v) is 15.2. The third-order valence-electron chi connectivity index (χ3n) is 4.28. The summed E-state index contributed by atoms with van der Waals surface area (Å²) in [4.78, 5) is 38.4. The Morgan fingerprint density at radius 1 is 1.00 bits per heavy atom. The molecule has 0 spiro atoms. The normalized spacial score (nSPS) is 15.1. The first-order valence-electron chi connectivity index (χ1n) is 8.61. The molecule has 2 aromatic carbocycles. The van der Waals surface area contributed by atoms with Crippen LogP contribution in [0.5, 0.6) is 5.75 Å². The summed E-state index contributed by atoms with van der Waals surface area (Å²) in [5.41, 5.74) is 1.46. The second-order valence-corrected chi connectivity index (χ2v) is 6.40. The highest BCUT2D eigenvalue weighted by molar-refractivity contribution is 6.40. The summed E-state index contributed by atoms with van der Waals surface area (Å²) in [5, 5.41) is 5.27. The summed E-state index contributed by atoms with van der Waals surface area (Å²) in [6.07, 6.45) is 0.575. The minimum Gasteiger partial charge on any atom is -0.493 e. The molecule has 1 heterocycles. The van der Waals surface area contributed by atoms with Crippen LogP contribution in [0.1, 0.15) is 28.4 Å². The fourth-order valence-corrected chi connectivity index (χ4v) is 2.91. The van der Waals surface area contributed by atoms with Crippen molar-refractivity contribution >= 4 is 23.4 Å². The number of para-hydroxylation sites is 2. The Kier molecular flexibility index (Phi) is 5.40. The van der Waals surface area contributed by atoms with Gasteiger partial charge in [0.1, 0.15) is 5.75 Å². The van der Waals surface area contributed by atoms with Gasteiger partial charge >= 0.3 is 11.8 Å². The standard InChI is InChI=1S/C20H21N3O4/c1-23(2)20(26)14-8-3-5-9-15(14)21-18(24)19(25)22-16-11-12-27-17-10-6-4-7-13(16)17/h3-10,16H,11-12H2,1-2H3,(H,21,24)(H,22,25). The molecule has 2 aromatic rings. The summed E-state index contributed by atoms with van der Waals surface area (Å²) < 4.78 is 5.56.